The van der Waals surface area contributed by atoms with Crippen molar-refractivity contribution in [1.82, 2.24) is 24.7 Å². The standard InChI is InChI=1S/C21H26N6O/c1-13(2)16-9-7-8-10-17(16)27-14(3)24-18(26-27)19(28)25-15-11-22-20(23-12-15)21(4,5)6/h7-13H,1-6H3,(H,25,28). The Labute approximate surface area is 165 Å². The van der Waals surface area contributed by atoms with E-state index in [2.05, 4.69) is 45.3 Å². The highest BCUT2D eigenvalue weighted by Gasteiger charge is 2.19. The molecule has 0 unspecified atom stereocenters. The smallest absolute Gasteiger partial charge is 0.295 e. The second kappa shape index (κ2) is 7.50. The van der Waals surface area contributed by atoms with E-state index >= 15 is 0 Å². The third-order valence-electron chi connectivity index (χ3n) is 4.34. The zero-order chi connectivity index (χ0) is 20.5. The molecule has 1 N–H and O–H groups in total. The van der Waals surface area contributed by atoms with Crippen molar-refractivity contribution in [3.63, 3.8) is 0 Å². The zero-order valence-electron chi connectivity index (χ0n) is 17.2. The quantitative estimate of drug-likeness (QED) is 0.740. The first-order chi connectivity index (χ1) is 13.2. The summed E-state index contributed by atoms with van der Waals surface area (Å²) in [6.45, 7) is 12.2. The van der Waals surface area contributed by atoms with Crippen LogP contribution in [0.2, 0.25) is 0 Å². The normalized spacial score (nSPS) is 11.7. The molecule has 7 nitrogen and oxygen atoms in total. The van der Waals surface area contributed by atoms with Crippen LogP contribution in [0.15, 0.2) is 36.7 Å². The fourth-order valence-corrected chi connectivity index (χ4v) is 2.85. The Kier molecular flexibility index (Phi) is 5.27. The van der Waals surface area contributed by atoms with Crippen LogP contribution >= 0.6 is 0 Å². The van der Waals surface area contributed by atoms with Crippen molar-refractivity contribution in [1.29, 1.82) is 0 Å². The summed E-state index contributed by atoms with van der Waals surface area (Å²) in [7, 11) is 0. The lowest BCUT2D eigenvalue weighted by molar-refractivity contribution is 0.101. The van der Waals surface area contributed by atoms with E-state index in [1.54, 1.807) is 17.1 Å². The fraction of sp³-hybridized carbons (Fsp3) is 0.381. The SMILES string of the molecule is Cc1nc(C(=O)Nc2cnc(C(C)(C)C)nc2)nn1-c1ccccc1C(C)C. The Morgan fingerprint density at radius 3 is 2.36 bits per heavy atom. The summed E-state index contributed by atoms with van der Waals surface area (Å²) in [6.07, 6.45) is 3.20. The van der Waals surface area contributed by atoms with Crippen LogP contribution in [0, 0.1) is 6.92 Å². The number of carbonyl (C=O) groups is 1. The predicted molar refractivity (Wildman–Crippen MR) is 109 cm³/mol. The molecule has 0 radical (unpaired) electrons. The van der Waals surface area contributed by atoms with Gasteiger partial charge in [0.05, 0.1) is 23.8 Å². The molecule has 2 heterocycles. The molecule has 1 amide bonds. The van der Waals surface area contributed by atoms with E-state index in [1.807, 2.05) is 45.9 Å². The van der Waals surface area contributed by atoms with E-state index in [-0.39, 0.29) is 11.2 Å². The van der Waals surface area contributed by atoms with E-state index in [0.717, 1.165) is 11.3 Å². The first-order valence-electron chi connectivity index (χ1n) is 9.33. The number of amides is 1. The van der Waals surface area contributed by atoms with Gasteiger partial charge in [0.25, 0.3) is 5.91 Å². The summed E-state index contributed by atoms with van der Waals surface area (Å²) < 4.78 is 1.71. The highest BCUT2D eigenvalue weighted by atomic mass is 16.2. The number of para-hydroxylation sites is 1. The van der Waals surface area contributed by atoms with Gasteiger partial charge >= 0.3 is 0 Å². The van der Waals surface area contributed by atoms with Crippen LogP contribution in [0.4, 0.5) is 5.69 Å². The first-order valence-corrected chi connectivity index (χ1v) is 9.33. The Hall–Kier alpha value is -3.09. The molecule has 3 aromatic rings. The van der Waals surface area contributed by atoms with Crippen molar-refractivity contribution in [3.8, 4) is 5.69 Å². The maximum atomic E-state index is 12.6. The molecule has 1 aromatic carbocycles. The molecule has 146 valence electrons. The van der Waals surface area contributed by atoms with E-state index < -0.39 is 5.91 Å². The van der Waals surface area contributed by atoms with Gasteiger partial charge in [0.15, 0.2) is 0 Å². The maximum absolute atomic E-state index is 12.6. The van der Waals surface area contributed by atoms with Gasteiger partial charge in [0.2, 0.25) is 5.82 Å². The van der Waals surface area contributed by atoms with Gasteiger partial charge < -0.3 is 5.32 Å². The number of nitrogens with one attached hydrogen (secondary N) is 1. The van der Waals surface area contributed by atoms with Crippen molar-refractivity contribution >= 4 is 11.6 Å². The van der Waals surface area contributed by atoms with Crippen molar-refractivity contribution in [2.75, 3.05) is 5.32 Å². The number of aromatic nitrogens is 5. The zero-order valence-corrected chi connectivity index (χ0v) is 17.2. The Bertz CT molecular complexity index is 983. The Morgan fingerprint density at radius 2 is 1.75 bits per heavy atom. The number of carbonyl (C=O) groups excluding carboxylic acids is 1. The Balaban J connectivity index is 1.84. The van der Waals surface area contributed by atoms with Crippen LogP contribution < -0.4 is 5.32 Å². The molecule has 7 heteroatoms. The predicted octanol–water partition coefficient (Wildman–Crippen LogP) is 4.04. The van der Waals surface area contributed by atoms with Gasteiger partial charge in [0.1, 0.15) is 11.6 Å². The fourth-order valence-electron chi connectivity index (χ4n) is 2.85. The number of aryl methyl sites for hydroxylation is 1. The van der Waals surface area contributed by atoms with Gasteiger partial charge in [0, 0.05) is 5.41 Å². The molecule has 0 spiro atoms. The van der Waals surface area contributed by atoms with Crippen molar-refractivity contribution < 1.29 is 4.79 Å². The molecule has 0 aliphatic heterocycles. The molecular weight excluding hydrogens is 352 g/mol. The topological polar surface area (TPSA) is 85.6 Å². The third kappa shape index (κ3) is 4.08. The van der Waals surface area contributed by atoms with Gasteiger partial charge in [-0.25, -0.2) is 19.6 Å². The lowest BCUT2D eigenvalue weighted by atomic mass is 9.96. The lowest BCUT2D eigenvalue weighted by Gasteiger charge is -2.16. The summed E-state index contributed by atoms with van der Waals surface area (Å²) in [5.74, 6) is 1.41. The van der Waals surface area contributed by atoms with E-state index in [1.165, 1.54) is 0 Å². The van der Waals surface area contributed by atoms with Crippen LogP contribution in [0.3, 0.4) is 0 Å². The average molecular weight is 378 g/mol. The molecule has 28 heavy (non-hydrogen) atoms. The second-order valence-corrected chi connectivity index (χ2v) is 8.11. The van der Waals surface area contributed by atoms with Crippen LogP contribution in [-0.4, -0.2) is 30.6 Å². The molecular formula is C21H26N6O. The molecule has 3 rings (SSSR count). The van der Waals surface area contributed by atoms with E-state index in [4.69, 9.17) is 0 Å². The van der Waals surface area contributed by atoms with E-state index in [0.29, 0.717) is 23.3 Å². The molecule has 2 aromatic heterocycles. The highest BCUT2D eigenvalue weighted by molar-refractivity contribution is 6.01. The van der Waals surface area contributed by atoms with Gasteiger partial charge in [-0.1, -0.05) is 52.8 Å². The monoisotopic (exact) mass is 378 g/mol. The molecule has 0 aliphatic rings. The first kappa shape index (κ1) is 19.7. The molecule has 0 bridgehead atoms. The van der Waals surface area contributed by atoms with Crippen molar-refractivity contribution in [3.05, 3.63) is 59.7 Å². The highest BCUT2D eigenvalue weighted by Crippen LogP contribution is 2.23. The summed E-state index contributed by atoms with van der Waals surface area (Å²) in [5, 5.41) is 7.19. The number of hydrogen-bond donors (Lipinski definition) is 1. The van der Waals surface area contributed by atoms with E-state index in [9.17, 15) is 4.79 Å². The largest absolute Gasteiger partial charge is 0.317 e. The lowest BCUT2D eigenvalue weighted by Crippen LogP contribution is -2.18. The molecule has 0 saturated heterocycles. The minimum atomic E-state index is -0.393. The van der Waals surface area contributed by atoms with Crippen molar-refractivity contribution in [2.45, 2.75) is 52.9 Å². The molecule has 0 fully saturated rings. The van der Waals surface area contributed by atoms with Gasteiger partial charge in [-0.15, -0.1) is 5.10 Å². The van der Waals surface area contributed by atoms with Crippen LogP contribution in [-0.2, 0) is 5.41 Å². The summed E-state index contributed by atoms with van der Waals surface area (Å²) >= 11 is 0. The molecule has 0 aliphatic carbocycles. The van der Waals surface area contributed by atoms with Crippen LogP contribution in [0.25, 0.3) is 5.69 Å². The van der Waals surface area contributed by atoms with Gasteiger partial charge in [-0.2, -0.15) is 0 Å². The van der Waals surface area contributed by atoms with Crippen LogP contribution in [0.1, 0.15) is 68.4 Å². The summed E-state index contributed by atoms with van der Waals surface area (Å²) in [6, 6.07) is 8.00. The van der Waals surface area contributed by atoms with Gasteiger partial charge in [-0.3, -0.25) is 4.79 Å². The summed E-state index contributed by atoms with van der Waals surface area (Å²) in [4.78, 5) is 25.6. The Morgan fingerprint density at radius 1 is 1.11 bits per heavy atom. The van der Waals surface area contributed by atoms with Gasteiger partial charge in [-0.05, 0) is 24.5 Å². The molecule has 0 atom stereocenters. The number of benzene rings is 1. The number of nitrogens with zero attached hydrogens (tertiary/aromatic N) is 5. The minimum Gasteiger partial charge on any atom is -0.317 e. The maximum Gasteiger partial charge on any atom is 0.295 e. The molecule has 0 saturated carbocycles. The average Bonchev–Trinajstić information content (AvgIpc) is 3.03. The summed E-state index contributed by atoms with van der Waals surface area (Å²) in [5.41, 5.74) is 2.44. The van der Waals surface area contributed by atoms with Crippen LogP contribution in [0.5, 0.6) is 0 Å². The number of rotatable bonds is 4. The number of anilines is 1. The van der Waals surface area contributed by atoms with Crippen molar-refractivity contribution in [2.24, 2.45) is 0 Å². The third-order valence-corrected chi connectivity index (χ3v) is 4.34. The second-order valence-electron chi connectivity index (χ2n) is 8.11. The minimum absolute atomic E-state index is 0.107. The number of hydrogen-bond acceptors (Lipinski definition) is 5.